The SMILES string of the molecule is Oc1cccc(Oc2c(Cl)c(F)nc(F)c2Cl)c1. The molecule has 0 aliphatic heterocycles. The van der Waals surface area contributed by atoms with E-state index in [4.69, 9.17) is 27.9 Å². The number of halogens is 4. The molecular formula is C11H5Cl2F2NO2. The van der Waals surface area contributed by atoms with E-state index in [0.717, 1.165) is 0 Å². The highest BCUT2D eigenvalue weighted by molar-refractivity contribution is 6.37. The maximum atomic E-state index is 13.1. The molecule has 94 valence electrons. The lowest BCUT2D eigenvalue weighted by Gasteiger charge is -2.10. The predicted octanol–water partition coefficient (Wildman–Crippen LogP) is 4.16. The fraction of sp³-hybridized carbons (Fsp3) is 0. The number of nitrogens with zero attached hydrogens (tertiary/aromatic N) is 1. The van der Waals surface area contributed by atoms with Crippen molar-refractivity contribution >= 4 is 23.2 Å². The second-order valence-corrected chi connectivity index (χ2v) is 4.01. The van der Waals surface area contributed by atoms with Gasteiger partial charge in [-0.05, 0) is 12.1 Å². The van der Waals surface area contributed by atoms with E-state index in [1.165, 1.54) is 24.3 Å². The van der Waals surface area contributed by atoms with Gasteiger partial charge in [0.05, 0.1) is 0 Å². The molecule has 0 fully saturated rings. The van der Waals surface area contributed by atoms with Crippen molar-refractivity contribution in [3.8, 4) is 17.2 Å². The molecule has 3 nitrogen and oxygen atoms in total. The van der Waals surface area contributed by atoms with Crippen LogP contribution in [0.5, 0.6) is 17.2 Å². The number of phenols is 1. The Balaban J connectivity index is 2.46. The van der Waals surface area contributed by atoms with Crippen molar-refractivity contribution < 1.29 is 18.6 Å². The molecule has 7 heteroatoms. The third-order valence-corrected chi connectivity index (χ3v) is 2.65. The number of ether oxygens (including phenoxy) is 1. The van der Waals surface area contributed by atoms with Gasteiger partial charge in [0, 0.05) is 6.07 Å². The van der Waals surface area contributed by atoms with E-state index < -0.39 is 27.7 Å². The third-order valence-electron chi connectivity index (χ3n) is 1.99. The zero-order valence-electron chi connectivity index (χ0n) is 8.62. The molecular weight excluding hydrogens is 287 g/mol. The second kappa shape index (κ2) is 4.96. The number of hydrogen-bond donors (Lipinski definition) is 1. The molecule has 2 rings (SSSR count). The Bertz CT molecular complexity index is 582. The number of aromatic nitrogens is 1. The van der Waals surface area contributed by atoms with Crippen molar-refractivity contribution in [3.05, 3.63) is 46.2 Å². The first kappa shape index (κ1) is 12.9. The number of pyridine rings is 1. The zero-order chi connectivity index (χ0) is 13.3. The van der Waals surface area contributed by atoms with Crippen LogP contribution >= 0.6 is 23.2 Å². The summed E-state index contributed by atoms with van der Waals surface area (Å²) >= 11 is 11.2. The number of hydrogen-bond acceptors (Lipinski definition) is 3. The Morgan fingerprint density at radius 3 is 2.28 bits per heavy atom. The molecule has 0 unspecified atom stereocenters. The normalized spacial score (nSPS) is 10.4. The van der Waals surface area contributed by atoms with Gasteiger partial charge in [-0.15, -0.1) is 0 Å². The number of rotatable bonds is 2. The molecule has 0 amide bonds. The molecule has 0 aliphatic carbocycles. The highest BCUT2D eigenvalue weighted by atomic mass is 35.5. The highest BCUT2D eigenvalue weighted by Gasteiger charge is 2.19. The van der Waals surface area contributed by atoms with Gasteiger partial charge in [-0.3, -0.25) is 0 Å². The Morgan fingerprint density at radius 2 is 1.72 bits per heavy atom. The minimum atomic E-state index is -1.23. The quantitative estimate of drug-likeness (QED) is 0.845. The monoisotopic (exact) mass is 291 g/mol. The maximum Gasteiger partial charge on any atom is 0.238 e. The van der Waals surface area contributed by atoms with Crippen LogP contribution in [-0.4, -0.2) is 10.1 Å². The van der Waals surface area contributed by atoms with Crippen molar-refractivity contribution in [3.63, 3.8) is 0 Å². The molecule has 0 bridgehead atoms. The first-order chi connectivity index (χ1) is 8.49. The molecule has 1 aromatic carbocycles. The molecule has 0 saturated heterocycles. The van der Waals surface area contributed by atoms with E-state index in [9.17, 15) is 13.9 Å². The molecule has 2 aromatic rings. The van der Waals surface area contributed by atoms with Gasteiger partial charge in [-0.2, -0.15) is 13.8 Å². The largest absolute Gasteiger partial charge is 0.508 e. The van der Waals surface area contributed by atoms with E-state index in [2.05, 4.69) is 4.98 Å². The summed E-state index contributed by atoms with van der Waals surface area (Å²) in [5.74, 6) is -2.80. The van der Waals surface area contributed by atoms with Crippen LogP contribution in [0.3, 0.4) is 0 Å². The van der Waals surface area contributed by atoms with Crippen LogP contribution in [-0.2, 0) is 0 Å². The predicted molar refractivity (Wildman–Crippen MR) is 62.4 cm³/mol. The molecule has 18 heavy (non-hydrogen) atoms. The summed E-state index contributed by atoms with van der Waals surface area (Å²) < 4.78 is 31.4. The lowest BCUT2D eigenvalue weighted by molar-refractivity contribution is 0.442. The summed E-state index contributed by atoms with van der Waals surface area (Å²) in [4.78, 5) is 2.87. The average Bonchev–Trinajstić information content (AvgIpc) is 2.32. The van der Waals surface area contributed by atoms with Gasteiger partial charge < -0.3 is 9.84 Å². The van der Waals surface area contributed by atoms with E-state index in [0.29, 0.717) is 0 Å². The standard InChI is InChI=1S/C11H5Cl2F2NO2/c12-7-9(8(13)11(15)16-10(7)14)18-6-3-1-2-5(17)4-6/h1-4,17H. The van der Waals surface area contributed by atoms with Crippen LogP contribution in [0, 0.1) is 11.9 Å². The minimum absolute atomic E-state index is 0.0743. The maximum absolute atomic E-state index is 13.1. The van der Waals surface area contributed by atoms with Gasteiger partial charge >= 0.3 is 0 Å². The van der Waals surface area contributed by atoms with Crippen molar-refractivity contribution in [2.24, 2.45) is 0 Å². The minimum Gasteiger partial charge on any atom is -0.508 e. The topological polar surface area (TPSA) is 42.4 Å². The van der Waals surface area contributed by atoms with Gasteiger partial charge in [0.2, 0.25) is 11.9 Å². The van der Waals surface area contributed by atoms with Gasteiger partial charge in [0.1, 0.15) is 21.5 Å². The van der Waals surface area contributed by atoms with E-state index in [1.54, 1.807) is 0 Å². The Labute approximate surface area is 111 Å². The summed E-state index contributed by atoms with van der Waals surface area (Å²) in [6.45, 7) is 0. The summed E-state index contributed by atoms with van der Waals surface area (Å²) in [5, 5.41) is 8.16. The number of aromatic hydroxyl groups is 1. The van der Waals surface area contributed by atoms with Crippen molar-refractivity contribution in [2.75, 3.05) is 0 Å². The Hall–Kier alpha value is -1.59. The van der Waals surface area contributed by atoms with Crippen LogP contribution in [0.25, 0.3) is 0 Å². The first-order valence-corrected chi connectivity index (χ1v) is 5.41. The van der Waals surface area contributed by atoms with Gasteiger partial charge in [0.15, 0.2) is 5.75 Å². The first-order valence-electron chi connectivity index (χ1n) is 4.66. The fourth-order valence-electron chi connectivity index (χ4n) is 1.22. The summed E-state index contributed by atoms with van der Waals surface area (Å²) in [5.41, 5.74) is 0. The molecule has 1 N–H and O–H groups in total. The Kier molecular flexibility index (Phi) is 3.54. The summed E-state index contributed by atoms with van der Waals surface area (Å²) in [6.07, 6.45) is 0. The summed E-state index contributed by atoms with van der Waals surface area (Å²) in [7, 11) is 0. The molecule has 0 aliphatic rings. The molecule has 1 aromatic heterocycles. The van der Waals surface area contributed by atoms with E-state index in [-0.39, 0.29) is 11.5 Å². The van der Waals surface area contributed by atoms with Gasteiger partial charge in [-0.1, -0.05) is 29.3 Å². The van der Waals surface area contributed by atoms with Crippen LogP contribution in [0.2, 0.25) is 10.0 Å². The molecule has 1 heterocycles. The highest BCUT2D eigenvalue weighted by Crippen LogP contribution is 2.38. The molecule has 0 radical (unpaired) electrons. The zero-order valence-corrected chi connectivity index (χ0v) is 10.1. The third kappa shape index (κ3) is 2.47. The van der Waals surface area contributed by atoms with Crippen LogP contribution in [0.4, 0.5) is 8.78 Å². The lowest BCUT2D eigenvalue weighted by atomic mass is 10.3. The fourth-order valence-corrected chi connectivity index (χ4v) is 1.62. The van der Waals surface area contributed by atoms with Crippen molar-refractivity contribution in [1.29, 1.82) is 0 Å². The van der Waals surface area contributed by atoms with E-state index >= 15 is 0 Å². The Morgan fingerprint density at radius 1 is 1.11 bits per heavy atom. The lowest BCUT2D eigenvalue weighted by Crippen LogP contribution is -1.96. The van der Waals surface area contributed by atoms with Crippen molar-refractivity contribution in [2.45, 2.75) is 0 Å². The van der Waals surface area contributed by atoms with Crippen molar-refractivity contribution in [1.82, 2.24) is 4.98 Å². The molecule has 0 atom stereocenters. The van der Waals surface area contributed by atoms with Gasteiger partial charge in [-0.25, -0.2) is 0 Å². The average molecular weight is 292 g/mol. The van der Waals surface area contributed by atoms with Crippen LogP contribution in [0.15, 0.2) is 24.3 Å². The number of phenolic OH excluding ortho intramolecular Hbond substituents is 1. The van der Waals surface area contributed by atoms with Crippen LogP contribution < -0.4 is 4.74 Å². The molecule has 0 spiro atoms. The summed E-state index contributed by atoms with van der Waals surface area (Å²) in [6, 6.07) is 5.59. The van der Waals surface area contributed by atoms with Crippen LogP contribution in [0.1, 0.15) is 0 Å². The second-order valence-electron chi connectivity index (χ2n) is 3.25. The van der Waals surface area contributed by atoms with Gasteiger partial charge in [0.25, 0.3) is 0 Å². The molecule has 0 saturated carbocycles. The smallest absolute Gasteiger partial charge is 0.238 e. The number of benzene rings is 1. The van der Waals surface area contributed by atoms with E-state index in [1.807, 2.05) is 0 Å².